The number of benzene rings is 2. The number of aromatic nitrogens is 3. The molecule has 3 aromatic rings. The topological polar surface area (TPSA) is 65.8 Å². The van der Waals surface area contributed by atoms with E-state index in [1.54, 1.807) is 0 Å². The van der Waals surface area contributed by atoms with Gasteiger partial charge in [-0.1, -0.05) is 36.4 Å². The first-order valence-corrected chi connectivity index (χ1v) is 6.29. The number of hydrogen-bond donors (Lipinski definition) is 1. The van der Waals surface area contributed by atoms with E-state index in [1.165, 1.54) is 15.6 Å². The summed E-state index contributed by atoms with van der Waals surface area (Å²) in [6.45, 7) is 0.366. The Labute approximate surface area is 115 Å². The normalized spacial score (nSPS) is 10.6. The lowest BCUT2D eigenvalue weighted by Gasteiger charge is -2.04. The third-order valence-corrected chi connectivity index (χ3v) is 3.14. The summed E-state index contributed by atoms with van der Waals surface area (Å²) in [5, 5.41) is 4.14. The molecule has 1 aromatic heterocycles. The van der Waals surface area contributed by atoms with Gasteiger partial charge in [0.2, 0.25) is 0 Å². The molecule has 5 heteroatoms. The number of nitrogen functional groups attached to an aromatic ring is 1. The summed E-state index contributed by atoms with van der Waals surface area (Å²) in [6.07, 6.45) is 1.52. The third kappa shape index (κ3) is 2.21. The molecule has 0 radical (unpaired) electrons. The molecule has 0 saturated heterocycles. The third-order valence-electron chi connectivity index (χ3n) is 3.14. The van der Waals surface area contributed by atoms with Gasteiger partial charge in [0.05, 0.1) is 12.2 Å². The molecule has 20 heavy (non-hydrogen) atoms. The minimum absolute atomic E-state index is 0.181. The molecule has 0 bridgehead atoms. The van der Waals surface area contributed by atoms with E-state index in [9.17, 15) is 4.79 Å². The van der Waals surface area contributed by atoms with Crippen molar-refractivity contribution in [1.82, 2.24) is 14.3 Å². The van der Waals surface area contributed by atoms with Gasteiger partial charge < -0.3 is 5.73 Å². The minimum atomic E-state index is -0.181. The van der Waals surface area contributed by atoms with E-state index in [0.29, 0.717) is 12.2 Å². The van der Waals surface area contributed by atoms with Crippen molar-refractivity contribution in [2.24, 2.45) is 0 Å². The highest BCUT2D eigenvalue weighted by Crippen LogP contribution is 2.11. The number of nitrogens with zero attached hydrogens (tertiary/aromatic N) is 3. The van der Waals surface area contributed by atoms with E-state index in [0.717, 1.165) is 11.3 Å². The lowest BCUT2D eigenvalue weighted by molar-refractivity contribution is 0.654. The maximum atomic E-state index is 12.3. The van der Waals surface area contributed by atoms with E-state index in [-0.39, 0.29) is 5.69 Å². The second-order valence-electron chi connectivity index (χ2n) is 4.48. The first-order chi connectivity index (χ1) is 9.75. The highest BCUT2D eigenvalue weighted by molar-refractivity contribution is 5.46. The largest absolute Gasteiger partial charge is 0.398 e. The maximum absolute atomic E-state index is 12.3. The van der Waals surface area contributed by atoms with Gasteiger partial charge in [-0.3, -0.25) is 0 Å². The van der Waals surface area contributed by atoms with Gasteiger partial charge in [0.15, 0.2) is 0 Å². The van der Waals surface area contributed by atoms with Crippen molar-refractivity contribution in [1.29, 1.82) is 0 Å². The van der Waals surface area contributed by atoms with Crippen LogP contribution in [0, 0.1) is 0 Å². The second-order valence-corrected chi connectivity index (χ2v) is 4.48. The number of hydrogen-bond acceptors (Lipinski definition) is 3. The summed E-state index contributed by atoms with van der Waals surface area (Å²) in [4.78, 5) is 12.3. The van der Waals surface area contributed by atoms with Crippen LogP contribution in [0.5, 0.6) is 0 Å². The summed E-state index contributed by atoms with van der Waals surface area (Å²) < 4.78 is 2.91. The number of para-hydroxylation sites is 2. The highest BCUT2D eigenvalue weighted by Gasteiger charge is 2.08. The van der Waals surface area contributed by atoms with Crippen molar-refractivity contribution in [3.8, 4) is 5.69 Å². The standard InChI is InChI=1S/C15H14N4O/c16-14-9-5-4-6-12(14)10-19-15(20)18(11-17-19)13-7-2-1-3-8-13/h1-9,11H,10,16H2. The fraction of sp³-hybridized carbons (Fsp3) is 0.0667. The smallest absolute Gasteiger partial charge is 0.350 e. The van der Waals surface area contributed by atoms with E-state index < -0.39 is 0 Å². The van der Waals surface area contributed by atoms with Gasteiger partial charge in [0.25, 0.3) is 0 Å². The number of anilines is 1. The zero-order valence-electron chi connectivity index (χ0n) is 10.8. The second kappa shape index (κ2) is 5.05. The van der Waals surface area contributed by atoms with Gasteiger partial charge in [0, 0.05) is 5.69 Å². The molecule has 0 aliphatic carbocycles. The predicted molar refractivity (Wildman–Crippen MR) is 77.8 cm³/mol. The molecular formula is C15H14N4O. The van der Waals surface area contributed by atoms with Crippen LogP contribution < -0.4 is 11.4 Å². The van der Waals surface area contributed by atoms with Gasteiger partial charge in [-0.25, -0.2) is 14.0 Å². The van der Waals surface area contributed by atoms with Crippen LogP contribution in [-0.2, 0) is 6.54 Å². The van der Waals surface area contributed by atoms with Gasteiger partial charge in [0.1, 0.15) is 6.33 Å². The molecule has 3 rings (SSSR count). The molecule has 0 atom stereocenters. The Morgan fingerprint density at radius 3 is 2.45 bits per heavy atom. The Bertz CT molecular complexity index is 774. The molecular weight excluding hydrogens is 252 g/mol. The van der Waals surface area contributed by atoms with E-state index in [4.69, 9.17) is 5.73 Å². The Morgan fingerprint density at radius 2 is 1.70 bits per heavy atom. The number of nitrogens with two attached hydrogens (primary N) is 1. The molecule has 0 saturated carbocycles. The van der Waals surface area contributed by atoms with Crippen LogP contribution in [0.3, 0.4) is 0 Å². The van der Waals surface area contributed by atoms with Crippen LogP contribution in [0.1, 0.15) is 5.56 Å². The predicted octanol–water partition coefficient (Wildman–Crippen LogP) is 1.66. The maximum Gasteiger partial charge on any atom is 0.350 e. The van der Waals surface area contributed by atoms with Crippen molar-refractivity contribution < 1.29 is 0 Å². The van der Waals surface area contributed by atoms with Crippen LogP contribution in [0.25, 0.3) is 5.69 Å². The SMILES string of the molecule is Nc1ccccc1Cn1ncn(-c2ccccc2)c1=O. The zero-order chi connectivity index (χ0) is 13.9. The Balaban J connectivity index is 1.96. The quantitative estimate of drug-likeness (QED) is 0.733. The fourth-order valence-electron chi connectivity index (χ4n) is 2.05. The van der Waals surface area contributed by atoms with E-state index >= 15 is 0 Å². The zero-order valence-corrected chi connectivity index (χ0v) is 10.8. The summed E-state index contributed by atoms with van der Waals surface area (Å²) in [6, 6.07) is 16.9. The van der Waals surface area contributed by atoms with Crippen molar-refractivity contribution in [2.45, 2.75) is 6.54 Å². The summed E-state index contributed by atoms with van der Waals surface area (Å²) in [7, 11) is 0. The molecule has 1 heterocycles. The van der Waals surface area contributed by atoms with Gasteiger partial charge in [-0.15, -0.1) is 0 Å². The Hall–Kier alpha value is -2.82. The molecule has 0 fully saturated rings. The van der Waals surface area contributed by atoms with Crippen molar-refractivity contribution in [3.63, 3.8) is 0 Å². The van der Waals surface area contributed by atoms with Gasteiger partial charge >= 0.3 is 5.69 Å². The molecule has 0 aliphatic rings. The summed E-state index contributed by atoms with van der Waals surface area (Å²) in [5.41, 5.74) is 8.04. The highest BCUT2D eigenvalue weighted by atomic mass is 16.2. The van der Waals surface area contributed by atoms with Crippen LogP contribution in [0.4, 0.5) is 5.69 Å². The van der Waals surface area contributed by atoms with Crippen LogP contribution in [-0.4, -0.2) is 14.3 Å². The minimum Gasteiger partial charge on any atom is -0.398 e. The fourth-order valence-corrected chi connectivity index (χ4v) is 2.05. The molecule has 0 spiro atoms. The lowest BCUT2D eigenvalue weighted by atomic mass is 10.2. The van der Waals surface area contributed by atoms with Crippen LogP contribution in [0.15, 0.2) is 65.7 Å². The molecule has 2 aromatic carbocycles. The average Bonchev–Trinajstić information content (AvgIpc) is 2.84. The van der Waals surface area contributed by atoms with E-state index in [1.807, 2.05) is 54.6 Å². The van der Waals surface area contributed by atoms with Crippen molar-refractivity contribution in [2.75, 3.05) is 5.73 Å². The van der Waals surface area contributed by atoms with Gasteiger partial charge in [-0.2, -0.15) is 5.10 Å². The first-order valence-electron chi connectivity index (χ1n) is 6.29. The Kier molecular flexibility index (Phi) is 3.09. The van der Waals surface area contributed by atoms with Crippen LogP contribution >= 0.6 is 0 Å². The van der Waals surface area contributed by atoms with Crippen molar-refractivity contribution >= 4 is 5.69 Å². The monoisotopic (exact) mass is 266 g/mol. The van der Waals surface area contributed by atoms with Crippen LogP contribution in [0.2, 0.25) is 0 Å². The molecule has 5 nitrogen and oxygen atoms in total. The average molecular weight is 266 g/mol. The van der Waals surface area contributed by atoms with E-state index in [2.05, 4.69) is 5.10 Å². The first kappa shape index (κ1) is 12.2. The lowest BCUT2D eigenvalue weighted by Crippen LogP contribution is -2.24. The Morgan fingerprint density at radius 1 is 1.00 bits per heavy atom. The van der Waals surface area contributed by atoms with Gasteiger partial charge in [-0.05, 0) is 23.8 Å². The number of rotatable bonds is 3. The summed E-state index contributed by atoms with van der Waals surface area (Å²) in [5.74, 6) is 0. The summed E-state index contributed by atoms with van der Waals surface area (Å²) >= 11 is 0. The van der Waals surface area contributed by atoms with Crippen molar-refractivity contribution in [3.05, 3.63) is 77.0 Å². The molecule has 0 amide bonds. The molecule has 100 valence electrons. The molecule has 0 aliphatic heterocycles. The molecule has 2 N–H and O–H groups in total. The molecule has 0 unspecified atom stereocenters.